The third-order valence-corrected chi connectivity index (χ3v) is 5.19. The molecule has 1 heterocycles. The molecule has 1 aliphatic heterocycles. The number of hydrogen-bond acceptors (Lipinski definition) is 7. The molecule has 1 saturated heterocycles. The predicted molar refractivity (Wildman–Crippen MR) is 114 cm³/mol. The van der Waals surface area contributed by atoms with Gasteiger partial charge in [-0.15, -0.1) is 0 Å². The molecule has 186 valence electrons. The zero-order valence-electron chi connectivity index (χ0n) is 18.8. The summed E-state index contributed by atoms with van der Waals surface area (Å²) < 4.78 is 0. The molecule has 13 heteroatoms. The minimum atomic E-state index is -1.40. The number of nitrogens with zero attached hydrogens (tertiary/aromatic N) is 1. The first-order valence-electron chi connectivity index (χ1n) is 10.7. The highest BCUT2D eigenvalue weighted by Crippen LogP contribution is 2.19. The summed E-state index contributed by atoms with van der Waals surface area (Å²) in [5.41, 5.74) is 10.9. The summed E-state index contributed by atoms with van der Waals surface area (Å²) in [6.45, 7) is 3.75. The van der Waals surface area contributed by atoms with Gasteiger partial charge < -0.3 is 37.2 Å². The minimum Gasteiger partial charge on any atom is -0.481 e. The van der Waals surface area contributed by atoms with E-state index in [4.69, 9.17) is 16.6 Å². The van der Waals surface area contributed by atoms with Crippen LogP contribution in [-0.2, 0) is 28.8 Å². The van der Waals surface area contributed by atoms with Gasteiger partial charge in [0, 0.05) is 13.0 Å². The molecule has 0 saturated carbocycles. The van der Waals surface area contributed by atoms with Gasteiger partial charge in [0.2, 0.25) is 23.6 Å². The minimum absolute atomic E-state index is 0.0587. The molecule has 0 aromatic heterocycles. The van der Waals surface area contributed by atoms with Crippen LogP contribution in [0.1, 0.15) is 52.4 Å². The van der Waals surface area contributed by atoms with Crippen LogP contribution in [0.3, 0.4) is 0 Å². The average Bonchev–Trinajstić information content (AvgIpc) is 3.19. The number of primary amides is 1. The molecule has 4 amide bonds. The molecule has 0 spiro atoms. The third kappa shape index (κ3) is 9.04. The summed E-state index contributed by atoms with van der Waals surface area (Å²) in [6.07, 6.45) is -0.133. The Kier molecular flexibility index (Phi) is 10.7. The number of nitrogens with two attached hydrogens (primary N) is 2. The van der Waals surface area contributed by atoms with Gasteiger partial charge in [0.25, 0.3) is 0 Å². The fourth-order valence-electron chi connectivity index (χ4n) is 3.55. The quantitative estimate of drug-likeness (QED) is 0.177. The molecule has 0 aromatic carbocycles. The summed E-state index contributed by atoms with van der Waals surface area (Å²) in [5.74, 6) is -5.50. The second-order valence-electron chi connectivity index (χ2n) is 8.49. The number of hydrogen-bond donors (Lipinski definition) is 6. The lowest BCUT2D eigenvalue weighted by Gasteiger charge is -2.28. The van der Waals surface area contributed by atoms with Crippen LogP contribution in [0.15, 0.2) is 0 Å². The number of likely N-dealkylation sites (tertiary alicyclic amines) is 1. The summed E-state index contributed by atoms with van der Waals surface area (Å²) >= 11 is 0. The van der Waals surface area contributed by atoms with E-state index in [0.29, 0.717) is 6.42 Å². The van der Waals surface area contributed by atoms with Gasteiger partial charge in [-0.25, -0.2) is 4.79 Å². The Morgan fingerprint density at radius 1 is 1.03 bits per heavy atom. The lowest BCUT2D eigenvalue weighted by atomic mass is 10.0. The number of rotatable bonds is 13. The van der Waals surface area contributed by atoms with Crippen molar-refractivity contribution in [2.24, 2.45) is 17.4 Å². The van der Waals surface area contributed by atoms with Crippen molar-refractivity contribution in [3.05, 3.63) is 0 Å². The maximum Gasteiger partial charge on any atom is 0.326 e. The van der Waals surface area contributed by atoms with Crippen LogP contribution < -0.4 is 22.1 Å². The van der Waals surface area contributed by atoms with Crippen LogP contribution in [0, 0.1) is 5.92 Å². The van der Waals surface area contributed by atoms with E-state index >= 15 is 0 Å². The SMILES string of the molecule is CC(C)CC(NC(=O)C(N)CCC(=O)O)C(=O)NC(CC(N)=O)C(=O)N1CCCC1C(=O)O. The maximum absolute atomic E-state index is 12.9. The summed E-state index contributed by atoms with van der Waals surface area (Å²) in [5, 5.41) is 22.9. The Balaban J connectivity index is 2.97. The number of nitrogens with one attached hydrogen (secondary N) is 2. The summed E-state index contributed by atoms with van der Waals surface area (Å²) in [6, 6.07) is -4.75. The lowest BCUT2D eigenvalue weighted by Crippen LogP contribution is -2.58. The highest BCUT2D eigenvalue weighted by atomic mass is 16.4. The number of carbonyl (C=O) groups is 6. The molecule has 0 bridgehead atoms. The van der Waals surface area contributed by atoms with Crippen LogP contribution in [0.2, 0.25) is 0 Å². The van der Waals surface area contributed by atoms with E-state index in [1.54, 1.807) is 13.8 Å². The van der Waals surface area contributed by atoms with E-state index in [9.17, 15) is 33.9 Å². The highest BCUT2D eigenvalue weighted by Gasteiger charge is 2.39. The Labute approximate surface area is 191 Å². The summed E-state index contributed by atoms with van der Waals surface area (Å²) in [4.78, 5) is 72.9. The smallest absolute Gasteiger partial charge is 0.326 e. The first-order chi connectivity index (χ1) is 15.3. The molecular formula is C20H33N5O8. The number of carboxylic acid groups (broad SMARTS) is 2. The average molecular weight is 472 g/mol. The van der Waals surface area contributed by atoms with E-state index in [0.717, 1.165) is 4.90 Å². The largest absolute Gasteiger partial charge is 0.481 e. The highest BCUT2D eigenvalue weighted by molar-refractivity contribution is 5.96. The Bertz CT molecular complexity index is 772. The van der Waals surface area contributed by atoms with Crippen LogP contribution in [0.25, 0.3) is 0 Å². The molecule has 4 atom stereocenters. The van der Waals surface area contributed by atoms with E-state index in [1.165, 1.54) is 0 Å². The third-order valence-electron chi connectivity index (χ3n) is 5.19. The zero-order chi connectivity index (χ0) is 25.3. The molecule has 0 radical (unpaired) electrons. The van der Waals surface area contributed by atoms with Crippen LogP contribution in [-0.4, -0.2) is 81.4 Å². The number of carbonyl (C=O) groups excluding carboxylic acids is 4. The van der Waals surface area contributed by atoms with Gasteiger partial charge >= 0.3 is 11.9 Å². The molecule has 33 heavy (non-hydrogen) atoms. The zero-order valence-corrected chi connectivity index (χ0v) is 18.8. The number of aliphatic carboxylic acids is 2. The predicted octanol–water partition coefficient (Wildman–Crippen LogP) is -1.85. The van der Waals surface area contributed by atoms with Crippen molar-refractivity contribution >= 4 is 35.6 Å². The second-order valence-corrected chi connectivity index (χ2v) is 8.49. The fraction of sp³-hybridized carbons (Fsp3) is 0.700. The first-order valence-corrected chi connectivity index (χ1v) is 10.7. The van der Waals surface area contributed by atoms with Crippen molar-refractivity contribution in [3.8, 4) is 0 Å². The Hall–Kier alpha value is -3.22. The molecule has 0 aromatic rings. The lowest BCUT2D eigenvalue weighted by molar-refractivity contribution is -0.149. The van der Waals surface area contributed by atoms with Gasteiger partial charge in [-0.1, -0.05) is 13.8 Å². The van der Waals surface area contributed by atoms with Gasteiger partial charge in [0.1, 0.15) is 18.1 Å². The molecule has 13 nitrogen and oxygen atoms in total. The Morgan fingerprint density at radius 3 is 2.15 bits per heavy atom. The Morgan fingerprint density at radius 2 is 1.64 bits per heavy atom. The molecule has 1 rings (SSSR count). The van der Waals surface area contributed by atoms with E-state index < -0.39 is 66.2 Å². The molecule has 1 fully saturated rings. The van der Waals surface area contributed by atoms with E-state index in [-0.39, 0.29) is 38.1 Å². The maximum atomic E-state index is 12.9. The molecule has 4 unspecified atom stereocenters. The number of carboxylic acids is 2. The van der Waals surface area contributed by atoms with Crippen LogP contribution in [0.5, 0.6) is 0 Å². The van der Waals surface area contributed by atoms with Gasteiger partial charge in [-0.05, 0) is 31.6 Å². The van der Waals surface area contributed by atoms with Crippen molar-refractivity contribution < 1.29 is 39.0 Å². The molecular weight excluding hydrogens is 438 g/mol. The topological polar surface area (TPSA) is 222 Å². The van der Waals surface area contributed by atoms with Crippen molar-refractivity contribution in [2.45, 2.75) is 76.5 Å². The van der Waals surface area contributed by atoms with Crippen LogP contribution in [0.4, 0.5) is 0 Å². The van der Waals surface area contributed by atoms with Gasteiger partial charge in [0.15, 0.2) is 0 Å². The van der Waals surface area contributed by atoms with Gasteiger partial charge in [0.05, 0.1) is 12.5 Å². The number of amides is 4. The fourth-order valence-corrected chi connectivity index (χ4v) is 3.55. The van der Waals surface area contributed by atoms with Crippen molar-refractivity contribution in [1.29, 1.82) is 0 Å². The van der Waals surface area contributed by atoms with E-state index in [1.807, 2.05) is 0 Å². The van der Waals surface area contributed by atoms with Crippen LogP contribution >= 0.6 is 0 Å². The van der Waals surface area contributed by atoms with Crippen molar-refractivity contribution in [2.75, 3.05) is 6.54 Å². The normalized spacial score (nSPS) is 18.3. The molecule has 0 aliphatic carbocycles. The second kappa shape index (κ2) is 12.7. The van der Waals surface area contributed by atoms with Crippen molar-refractivity contribution in [1.82, 2.24) is 15.5 Å². The standard InChI is InChI=1S/C20H33N5O8/c1-10(2)8-12(23-17(29)11(21)5-6-16(27)28)18(30)24-13(9-15(22)26)19(31)25-7-3-4-14(25)20(32)33/h10-14H,3-9,21H2,1-2H3,(H2,22,26)(H,23,29)(H,24,30)(H,27,28)(H,32,33). The van der Waals surface area contributed by atoms with E-state index in [2.05, 4.69) is 10.6 Å². The van der Waals surface area contributed by atoms with Crippen molar-refractivity contribution in [3.63, 3.8) is 0 Å². The molecule has 1 aliphatic rings. The first kappa shape index (κ1) is 27.8. The molecule has 8 N–H and O–H groups in total. The van der Waals surface area contributed by atoms with Gasteiger partial charge in [-0.3, -0.25) is 24.0 Å². The monoisotopic (exact) mass is 471 g/mol. The summed E-state index contributed by atoms with van der Waals surface area (Å²) in [7, 11) is 0. The van der Waals surface area contributed by atoms with Gasteiger partial charge in [-0.2, -0.15) is 0 Å².